The predicted molar refractivity (Wildman–Crippen MR) is 68.6 cm³/mol. The molecule has 0 aliphatic carbocycles. The van der Waals surface area contributed by atoms with E-state index in [1.54, 1.807) is 0 Å². The zero-order valence-electron chi connectivity index (χ0n) is 9.49. The molecule has 1 aromatic rings. The molecular weight excluding hydrogens is 202 g/mol. The first kappa shape index (κ1) is 11.0. The van der Waals surface area contributed by atoms with Crippen molar-refractivity contribution < 1.29 is 0 Å². The summed E-state index contributed by atoms with van der Waals surface area (Å²) in [6.07, 6.45) is 1.19. The summed E-state index contributed by atoms with van der Waals surface area (Å²) >= 11 is 2.11. The molecule has 1 saturated heterocycles. The molecule has 2 atom stereocenters. The highest BCUT2D eigenvalue weighted by Crippen LogP contribution is 2.22. The van der Waals surface area contributed by atoms with Crippen molar-refractivity contribution in [3.05, 3.63) is 35.4 Å². The van der Waals surface area contributed by atoms with Crippen LogP contribution in [0.3, 0.4) is 0 Å². The molecule has 0 aromatic heterocycles. The van der Waals surface area contributed by atoms with E-state index in [0.717, 1.165) is 11.8 Å². The Morgan fingerprint density at radius 3 is 3.07 bits per heavy atom. The van der Waals surface area contributed by atoms with Crippen molar-refractivity contribution in [1.29, 1.82) is 0 Å². The summed E-state index contributed by atoms with van der Waals surface area (Å²) in [4.78, 5) is 0. The Hall–Kier alpha value is -0.470. The Morgan fingerprint density at radius 1 is 1.47 bits per heavy atom. The molecule has 82 valence electrons. The fourth-order valence-electron chi connectivity index (χ4n) is 2.08. The predicted octanol–water partition coefficient (Wildman–Crippen LogP) is 2.63. The maximum atomic E-state index is 3.55. The van der Waals surface area contributed by atoms with Crippen molar-refractivity contribution in [2.45, 2.75) is 31.6 Å². The van der Waals surface area contributed by atoms with Gasteiger partial charge in [0.05, 0.1) is 0 Å². The van der Waals surface area contributed by atoms with Gasteiger partial charge in [0.1, 0.15) is 0 Å². The summed E-state index contributed by atoms with van der Waals surface area (Å²) in [5.74, 6) is 1.25. The Kier molecular flexibility index (Phi) is 3.71. The molecule has 1 heterocycles. The summed E-state index contributed by atoms with van der Waals surface area (Å²) < 4.78 is 0. The largest absolute Gasteiger partial charge is 0.312 e. The molecule has 2 unspecified atom stereocenters. The minimum Gasteiger partial charge on any atom is -0.312 e. The molecule has 1 aromatic carbocycles. The molecule has 0 amide bonds. The fraction of sp³-hybridized carbons (Fsp3) is 0.538. The first-order valence-electron chi connectivity index (χ1n) is 5.66. The van der Waals surface area contributed by atoms with Crippen LogP contribution in [0.5, 0.6) is 0 Å². The first-order valence-corrected chi connectivity index (χ1v) is 6.71. The maximum Gasteiger partial charge on any atom is 0.0239 e. The van der Waals surface area contributed by atoms with Gasteiger partial charge in [-0.1, -0.05) is 29.8 Å². The maximum absolute atomic E-state index is 3.55. The van der Waals surface area contributed by atoms with Gasteiger partial charge in [0, 0.05) is 23.6 Å². The molecular formula is C13H19NS. The van der Waals surface area contributed by atoms with Gasteiger partial charge >= 0.3 is 0 Å². The van der Waals surface area contributed by atoms with Gasteiger partial charge in [0.25, 0.3) is 0 Å². The van der Waals surface area contributed by atoms with E-state index in [-0.39, 0.29) is 0 Å². The average molecular weight is 221 g/mol. The number of nitrogens with one attached hydrogen (secondary N) is 1. The van der Waals surface area contributed by atoms with Crippen LogP contribution in [0.1, 0.15) is 18.1 Å². The second-order valence-corrected chi connectivity index (χ2v) is 5.69. The third kappa shape index (κ3) is 2.99. The van der Waals surface area contributed by atoms with E-state index >= 15 is 0 Å². The molecule has 2 heteroatoms. The molecule has 1 fully saturated rings. The van der Waals surface area contributed by atoms with Gasteiger partial charge in [-0.15, -0.1) is 0 Å². The number of hydrogen-bond donors (Lipinski definition) is 1. The van der Waals surface area contributed by atoms with Crippen molar-refractivity contribution in [3.63, 3.8) is 0 Å². The van der Waals surface area contributed by atoms with Gasteiger partial charge in [-0.05, 0) is 25.8 Å². The SMILES string of the molecule is Cc1cccc(CC2SCCNC2C)c1. The van der Waals surface area contributed by atoms with Gasteiger partial charge in [0.2, 0.25) is 0 Å². The van der Waals surface area contributed by atoms with E-state index in [0.29, 0.717) is 6.04 Å². The first-order chi connectivity index (χ1) is 7.25. The summed E-state index contributed by atoms with van der Waals surface area (Å²) in [5.41, 5.74) is 2.84. The third-order valence-corrected chi connectivity index (χ3v) is 4.42. The third-order valence-electron chi connectivity index (χ3n) is 2.98. The van der Waals surface area contributed by atoms with Crippen LogP contribution in [-0.4, -0.2) is 23.6 Å². The second kappa shape index (κ2) is 5.04. The van der Waals surface area contributed by atoms with Crippen molar-refractivity contribution in [1.82, 2.24) is 5.32 Å². The summed E-state index contributed by atoms with van der Waals surface area (Å²) in [5, 5.41) is 4.28. The van der Waals surface area contributed by atoms with E-state index in [2.05, 4.69) is 55.2 Å². The normalized spacial score (nSPS) is 26.5. The molecule has 0 bridgehead atoms. The lowest BCUT2D eigenvalue weighted by Gasteiger charge is -2.29. The molecule has 0 saturated carbocycles. The Bertz CT molecular complexity index is 324. The lowest BCUT2D eigenvalue weighted by molar-refractivity contribution is 0.529. The van der Waals surface area contributed by atoms with Crippen LogP contribution in [0.25, 0.3) is 0 Å². The highest BCUT2D eigenvalue weighted by Gasteiger charge is 2.21. The molecule has 1 N–H and O–H groups in total. The molecule has 0 radical (unpaired) electrons. The Balaban J connectivity index is 2.01. The van der Waals surface area contributed by atoms with Gasteiger partial charge < -0.3 is 5.32 Å². The fourth-order valence-corrected chi connectivity index (χ4v) is 3.31. The average Bonchev–Trinajstić information content (AvgIpc) is 2.22. The lowest BCUT2D eigenvalue weighted by atomic mass is 10.0. The number of benzene rings is 1. The van der Waals surface area contributed by atoms with E-state index in [1.807, 2.05) is 0 Å². The Labute approximate surface area is 96.7 Å². The topological polar surface area (TPSA) is 12.0 Å². The van der Waals surface area contributed by atoms with E-state index in [1.165, 1.54) is 23.3 Å². The molecule has 2 rings (SSSR count). The van der Waals surface area contributed by atoms with Crippen molar-refractivity contribution in [2.24, 2.45) is 0 Å². The lowest BCUT2D eigenvalue weighted by Crippen LogP contribution is -2.42. The minimum atomic E-state index is 0.643. The summed E-state index contributed by atoms with van der Waals surface area (Å²) in [7, 11) is 0. The van der Waals surface area contributed by atoms with Gasteiger partial charge in [-0.2, -0.15) is 11.8 Å². The van der Waals surface area contributed by atoms with Crippen LogP contribution in [0, 0.1) is 6.92 Å². The van der Waals surface area contributed by atoms with Crippen LogP contribution < -0.4 is 5.32 Å². The summed E-state index contributed by atoms with van der Waals surface area (Å²) in [6, 6.07) is 9.52. The van der Waals surface area contributed by atoms with Crippen molar-refractivity contribution >= 4 is 11.8 Å². The monoisotopic (exact) mass is 221 g/mol. The number of aryl methyl sites for hydroxylation is 1. The van der Waals surface area contributed by atoms with Crippen molar-refractivity contribution in [2.75, 3.05) is 12.3 Å². The van der Waals surface area contributed by atoms with Crippen LogP contribution in [0.15, 0.2) is 24.3 Å². The van der Waals surface area contributed by atoms with Crippen LogP contribution >= 0.6 is 11.8 Å². The van der Waals surface area contributed by atoms with E-state index in [9.17, 15) is 0 Å². The molecule has 0 spiro atoms. The highest BCUT2D eigenvalue weighted by atomic mass is 32.2. The summed E-state index contributed by atoms with van der Waals surface area (Å²) in [6.45, 7) is 5.63. The number of thioether (sulfide) groups is 1. The van der Waals surface area contributed by atoms with Crippen molar-refractivity contribution in [3.8, 4) is 0 Å². The Morgan fingerprint density at radius 2 is 2.33 bits per heavy atom. The van der Waals surface area contributed by atoms with Gasteiger partial charge in [-0.25, -0.2) is 0 Å². The zero-order chi connectivity index (χ0) is 10.7. The molecule has 1 aliphatic heterocycles. The smallest absolute Gasteiger partial charge is 0.0239 e. The standard InChI is InChI=1S/C13H19NS/c1-10-4-3-5-12(8-10)9-13-11(2)14-6-7-15-13/h3-5,8,11,13-14H,6-7,9H2,1-2H3. The van der Waals surface area contributed by atoms with E-state index in [4.69, 9.17) is 0 Å². The van der Waals surface area contributed by atoms with Gasteiger partial charge in [-0.3, -0.25) is 0 Å². The molecule has 15 heavy (non-hydrogen) atoms. The molecule has 1 nitrogen and oxygen atoms in total. The second-order valence-electron chi connectivity index (χ2n) is 4.35. The van der Waals surface area contributed by atoms with Crippen LogP contribution in [-0.2, 0) is 6.42 Å². The highest BCUT2D eigenvalue weighted by molar-refractivity contribution is 8.00. The van der Waals surface area contributed by atoms with Crippen LogP contribution in [0.2, 0.25) is 0 Å². The van der Waals surface area contributed by atoms with Crippen LogP contribution in [0.4, 0.5) is 0 Å². The zero-order valence-corrected chi connectivity index (χ0v) is 10.3. The number of hydrogen-bond acceptors (Lipinski definition) is 2. The quantitative estimate of drug-likeness (QED) is 0.824. The van der Waals surface area contributed by atoms with E-state index < -0.39 is 0 Å². The molecule has 1 aliphatic rings. The van der Waals surface area contributed by atoms with Gasteiger partial charge in [0.15, 0.2) is 0 Å². The minimum absolute atomic E-state index is 0.643. The number of rotatable bonds is 2.